The van der Waals surface area contributed by atoms with Gasteiger partial charge in [-0.15, -0.1) is 0 Å². The molecule has 0 radical (unpaired) electrons. The zero-order valence-electron chi connectivity index (χ0n) is 16.6. The molecule has 0 saturated carbocycles. The first-order valence-electron chi connectivity index (χ1n) is 9.74. The summed E-state index contributed by atoms with van der Waals surface area (Å²) in [7, 11) is -3.78. The lowest BCUT2D eigenvalue weighted by atomic mass is 10.0. The van der Waals surface area contributed by atoms with Gasteiger partial charge < -0.3 is 4.74 Å². The van der Waals surface area contributed by atoms with Crippen LogP contribution in [0.3, 0.4) is 0 Å². The Morgan fingerprint density at radius 1 is 1.00 bits per heavy atom. The highest BCUT2D eigenvalue weighted by Gasteiger charge is 2.25. The van der Waals surface area contributed by atoms with Crippen LogP contribution in [0.1, 0.15) is 11.1 Å². The second-order valence-electron chi connectivity index (χ2n) is 6.84. The van der Waals surface area contributed by atoms with Gasteiger partial charge in [0.05, 0.1) is 36.5 Å². The number of benzene rings is 2. The minimum absolute atomic E-state index is 0.0526. The predicted octanol–water partition coefficient (Wildman–Crippen LogP) is 3.89. The maximum Gasteiger partial charge on any atom is 0.301 e. The second-order valence-corrected chi connectivity index (χ2v) is 8.87. The van der Waals surface area contributed by atoms with Crippen LogP contribution in [-0.4, -0.2) is 49.7 Å². The third-order valence-electron chi connectivity index (χ3n) is 4.71. The summed E-state index contributed by atoms with van der Waals surface area (Å²) in [4.78, 5) is 8.91. The Morgan fingerprint density at radius 2 is 1.58 bits per heavy atom. The number of morpholine rings is 1. The maximum absolute atomic E-state index is 12.7. The number of nitrogens with one attached hydrogen (secondary N) is 1. The summed E-state index contributed by atoms with van der Waals surface area (Å²) in [5, 5.41) is 0.0526. The van der Waals surface area contributed by atoms with Crippen LogP contribution in [0.5, 0.6) is 0 Å². The molecule has 0 amide bonds. The van der Waals surface area contributed by atoms with Crippen molar-refractivity contribution in [1.29, 1.82) is 0 Å². The number of aromatic nitrogens is 1. The first kappa shape index (κ1) is 21.5. The molecule has 160 valence electrons. The average Bonchev–Trinajstić information content (AvgIpc) is 2.81. The van der Waals surface area contributed by atoms with Gasteiger partial charge in [-0.3, -0.25) is 4.72 Å². The fourth-order valence-corrected chi connectivity index (χ4v) is 4.58. The average molecular weight is 457 g/mol. The summed E-state index contributed by atoms with van der Waals surface area (Å²) >= 11 is 6.18. The second kappa shape index (κ2) is 9.57. The zero-order valence-corrected chi connectivity index (χ0v) is 18.2. The van der Waals surface area contributed by atoms with Crippen LogP contribution in [0.15, 0.2) is 77.9 Å². The van der Waals surface area contributed by atoms with Crippen molar-refractivity contribution in [2.45, 2.75) is 0 Å². The number of pyridine rings is 1. The fourth-order valence-electron chi connectivity index (χ4n) is 3.18. The van der Waals surface area contributed by atoms with Gasteiger partial charge in [0.1, 0.15) is 0 Å². The Hall–Kier alpha value is -2.78. The van der Waals surface area contributed by atoms with E-state index < -0.39 is 10.2 Å². The molecule has 1 aromatic heterocycles. The lowest BCUT2D eigenvalue weighted by Crippen LogP contribution is -2.43. The van der Waals surface area contributed by atoms with Crippen molar-refractivity contribution < 1.29 is 13.2 Å². The van der Waals surface area contributed by atoms with E-state index in [1.54, 1.807) is 6.07 Å². The number of hydrogen-bond acceptors (Lipinski definition) is 5. The first-order valence-corrected chi connectivity index (χ1v) is 11.6. The number of halogens is 1. The molecule has 2 heterocycles. The van der Waals surface area contributed by atoms with E-state index in [4.69, 9.17) is 21.3 Å². The van der Waals surface area contributed by atoms with Gasteiger partial charge in [0.2, 0.25) is 0 Å². The monoisotopic (exact) mass is 456 g/mol. The van der Waals surface area contributed by atoms with Gasteiger partial charge in [0.25, 0.3) is 0 Å². The number of nitrogens with zero attached hydrogens (tertiary/aromatic N) is 3. The molecule has 3 aromatic rings. The van der Waals surface area contributed by atoms with Crippen molar-refractivity contribution in [3.8, 4) is 0 Å². The van der Waals surface area contributed by atoms with Crippen LogP contribution in [0.2, 0.25) is 5.15 Å². The molecule has 1 saturated heterocycles. The normalized spacial score (nSPS) is 14.7. The standard InChI is InChI=1S/C22H21ClN4O3S/c23-22-20(26-31(28,29)27-11-13-30-14-12-27)15-19(16-24-22)25-21(17-7-3-1-4-8-17)18-9-5-2-6-10-18/h1-10,15-16,26H,11-14H2. The van der Waals surface area contributed by atoms with E-state index >= 15 is 0 Å². The van der Waals surface area contributed by atoms with Crippen LogP contribution in [0, 0.1) is 0 Å². The van der Waals surface area contributed by atoms with E-state index in [1.807, 2.05) is 60.7 Å². The minimum Gasteiger partial charge on any atom is -0.379 e. The van der Waals surface area contributed by atoms with Crippen LogP contribution >= 0.6 is 11.6 Å². The molecule has 0 atom stereocenters. The third kappa shape index (κ3) is 5.29. The lowest BCUT2D eigenvalue weighted by Gasteiger charge is -2.26. The van der Waals surface area contributed by atoms with E-state index in [2.05, 4.69) is 9.71 Å². The molecule has 0 unspecified atom stereocenters. The molecular weight excluding hydrogens is 436 g/mol. The van der Waals surface area contributed by atoms with Gasteiger partial charge >= 0.3 is 10.2 Å². The maximum atomic E-state index is 12.7. The molecule has 1 fully saturated rings. The molecular formula is C22H21ClN4O3S. The number of rotatable bonds is 6. The molecule has 1 N–H and O–H groups in total. The highest BCUT2D eigenvalue weighted by molar-refractivity contribution is 7.90. The van der Waals surface area contributed by atoms with Crippen molar-refractivity contribution in [3.63, 3.8) is 0 Å². The summed E-state index contributed by atoms with van der Waals surface area (Å²) in [6, 6.07) is 21.1. The molecule has 4 rings (SSSR count). The Morgan fingerprint density at radius 3 is 2.16 bits per heavy atom. The van der Waals surface area contributed by atoms with Crippen molar-refractivity contribution in [2.75, 3.05) is 31.0 Å². The van der Waals surface area contributed by atoms with Crippen molar-refractivity contribution in [2.24, 2.45) is 4.99 Å². The number of hydrogen-bond donors (Lipinski definition) is 1. The number of anilines is 1. The topological polar surface area (TPSA) is 83.9 Å². The minimum atomic E-state index is -3.78. The summed E-state index contributed by atoms with van der Waals surface area (Å²) < 4.78 is 34.5. The van der Waals surface area contributed by atoms with Crippen LogP contribution < -0.4 is 4.72 Å². The summed E-state index contributed by atoms with van der Waals surface area (Å²) in [6.45, 7) is 1.28. The van der Waals surface area contributed by atoms with E-state index in [9.17, 15) is 8.42 Å². The Balaban J connectivity index is 1.70. The molecule has 2 aromatic carbocycles. The van der Waals surface area contributed by atoms with Gasteiger partial charge in [-0.05, 0) is 6.07 Å². The van der Waals surface area contributed by atoms with Crippen LogP contribution in [0.4, 0.5) is 11.4 Å². The number of ether oxygens (including phenoxy) is 1. The molecule has 0 aliphatic carbocycles. The summed E-state index contributed by atoms with van der Waals surface area (Å²) in [5.74, 6) is 0. The van der Waals surface area contributed by atoms with Crippen molar-refractivity contribution in [1.82, 2.24) is 9.29 Å². The molecule has 7 nitrogen and oxygen atoms in total. The van der Waals surface area contributed by atoms with E-state index in [0.29, 0.717) is 18.9 Å². The fraction of sp³-hybridized carbons (Fsp3) is 0.182. The Labute approximate surface area is 186 Å². The zero-order chi connectivity index (χ0) is 21.7. The molecule has 0 spiro atoms. The van der Waals surface area contributed by atoms with Crippen LogP contribution in [-0.2, 0) is 14.9 Å². The largest absolute Gasteiger partial charge is 0.379 e. The van der Waals surface area contributed by atoms with Gasteiger partial charge in [0.15, 0.2) is 5.15 Å². The highest BCUT2D eigenvalue weighted by Crippen LogP contribution is 2.27. The number of aliphatic imine (C=N–C) groups is 1. The first-order chi connectivity index (χ1) is 15.0. The Bertz CT molecular complexity index is 1120. The Kier molecular flexibility index (Phi) is 6.62. The van der Waals surface area contributed by atoms with Crippen molar-refractivity contribution in [3.05, 3.63) is 89.2 Å². The van der Waals surface area contributed by atoms with E-state index in [-0.39, 0.29) is 23.9 Å². The van der Waals surface area contributed by atoms with Gasteiger partial charge in [-0.2, -0.15) is 12.7 Å². The van der Waals surface area contributed by atoms with Gasteiger partial charge in [-0.1, -0.05) is 72.3 Å². The predicted molar refractivity (Wildman–Crippen MR) is 122 cm³/mol. The summed E-state index contributed by atoms with van der Waals surface area (Å²) in [5.41, 5.74) is 3.26. The molecule has 0 bridgehead atoms. The molecule has 9 heteroatoms. The van der Waals surface area contributed by atoms with Crippen molar-refractivity contribution >= 4 is 38.9 Å². The third-order valence-corrected chi connectivity index (χ3v) is 6.53. The molecule has 1 aliphatic rings. The van der Waals surface area contributed by atoms with E-state index in [1.165, 1.54) is 10.5 Å². The SMILES string of the molecule is O=S(=O)(Nc1cc(N=C(c2ccccc2)c2ccccc2)cnc1Cl)N1CCOCC1. The van der Waals surface area contributed by atoms with Gasteiger partial charge in [-0.25, -0.2) is 9.98 Å². The summed E-state index contributed by atoms with van der Waals surface area (Å²) in [6.07, 6.45) is 1.51. The molecule has 1 aliphatic heterocycles. The lowest BCUT2D eigenvalue weighted by molar-refractivity contribution is 0.0733. The van der Waals surface area contributed by atoms with Crippen LogP contribution in [0.25, 0.3) is 0 Å². The smallest absolute Gasteiger partial charge is 0.301 e. The quantitative estimate of drug-likeness (QED) is 0.450. The van der Waals surface area contributed by atoms with E-state index in [0.717, 1.165) is 16.8 Å². The highest BCUT2D eigenvalue weighted by atomic mass is 35.5. The van der Waals surface area contributed by atoms with Gasteiger partial charge in [0, 0.05) is 24.2 Å². The molecule has 31 heavy (non-hydrogen) atoms.